The summed E-state index contributed by atoms with van der Waals surface area (Å²) in [7, 11) is 0. The molecule has 1 unspecified atom stereocenters. The van der Waals surface area contributed by atoms with Crippen molar-refractivity contribution in [1.82, 2.24) is 9.13 Å². The quantitative estimate of drug-likeness (QED) is 0.574. The summed E-state index contributed by atoms with van der Waals surface area (Å²) in [6, 6.07) is 0. The van der Waals surface area contributed by atoms with E-state index in [1.807, 2.05) is 6.92 Å². The first-order valence-electron chi connectivity index (χ1n) is 6.11. The van der Waals surface area contributed by atoms with Gasteiger partial charge in [0.05, 0.1) is 11.1 Å². The summed E-state index contributed by atoms with van der Waals surface area (Å²) in [4.78, 5) is 34.1. The van der Waals surface area contributed by atoms with E-state index in [0.717, 1.165) is 10.8 Å². The minimum atomic E-state index is -0.873. The molecule has 106 valence electrons. The van der Waals surface area contributed by atoms with Crippen molar-refractivity contribution < 1.29 is 4.92 Å². The van der Waals surface area contributed by atoms with Gasteiger partial charge < -0.3 is 5.73 Å². The molecule has 8 heteroatoms. The topological polar surface area (TPSA) is 113 Å². The molecule has 0 aliphatic rings. The van der Waals surface area contributed by atoms with Crippen LogP contribution in [0.5, 0.6) is 0 Å². The van der Waals surface area contributed by atoms with E-state index in [2.05, 4.69) is 0 Å². The van der Waals surface area contributed by atoms with Crippen LogP contribution in [0.4, 0.5) is 5.69 Å². The second-order valence-electron chi connectivity index (χ2n) is 4.50. The van der Waals surface area contributed by atoms with Gasteiger partial charge in [-0.3, -0.25) is 24.0 Å². The van der Waals surface area contributed by atoms with E-state index < -0.39 is 21.9 Å². The molecule has 0 aliphatic carbocycles. The molecule has 8 nitrogen and oxygen atoms in total. The van der Waals surface area contributed by atoms with Gasteiger partial charge in [-0.2, -0.15) is 0 Å². The lowest BCUT2D eigenvalue weighted by Gasteiger charge is -2.12. The van der Waals surface area contributed by atoms with Crippen LogP contribution in [0, 0.1) is 16.0 Å². The van der Waals surface area contributed by atoms with Gasteiger partial charge in [0.15, 0.2) is 0 Å². The number of hydrogen-bond donors (Lipinski definition) is 1. The molecular weight excluding hydrogens is 252 g/mol. The molecule has 0 aliphatic heterocycles. The molecule has 1 atom stereocenters. The minimum Gasteiger partial charge on any atom is -0.330 e. The Kier molecular flexibility index (Phi) is 4.99. The Bertz CT molecular complexity index is 575. The molecule has 1 heterocycles. The fraction of sp³-hybridized carbons (Fsp3) is 0.636. The van der Waals surface area contributed by atoms with Gasteiger partial charge >= 0.3 is 16.9 Å². The normalized spacial score (nSPS) is 12.4. The summed E-state index contributed by atoms with van der Waals surface area (Å²) in [5, 5.41) is 10.8. The summed E-state index contributed by atoms with van der Waals surface area (Å²) < 4.78 is 2.09. The first-order chi connectivity index (χ1) is 8.92. The molecule has 0 spiro atoms. The molecular formula is C11H18N4O4. The summed E-state index contributed by atoms with van der Waals surface area (Å²) in [6.45, 7) is 4.32. The van der Waals surface area contributed by atoms with E-state index in [1.165, 1.54) is 4.57 Å². The average Bonchev–Trinajstić information content (AvgIpc) is 2.37. The van der Waals surface area contributed by atoms with Crippen molar-refractivity contribution >= 4 is 5.69 Å². The highest BCUT2D eigenvalue weighted by Crippen LogP contribution is 2.02. The lowest BCUT2D eigenvalue weighted by atomic mass is 10.2. The smallest absolute Gasteiger partial charge is 0.330 e. The van der Waals surface area contributed by atoms with Gasteiger partial charge in [-0.25, -0.2) is 4.79 Å². The van der Waals surface area contributed by atoms with Gasteiger partial charge in [0.1, 0.15) is 0 Å². The zero-order valence-electron chi connectivity index (χ0n) is 11.0. The number of aryl methyl sites for hydroxylation is 1. The Morgan fingerprint density at radius 2 is 2.11 bits per heavy atom. The van der Waals surface area contributed by atoms with Crippen molar-refractivity contribution in [3.8, 4) is 0 Å². The van der Waals surface area contributed by atoms with Gasteiger partial charge in [-0.05, 0) is 18.9 Å². The Hall–Kier alpha value is -1.96. The van der Waals surface area contributed by atoms with Crippen molar-refractivity contribution in [1.29, 1.82) is 0 Å². The third-order valence-electron chi connectivity index (χ3n) is 2.78. The Labute approximate surface area is 109 Å². The molecule has 0 fully saturated rings. The zero-order chi connectivity index (χ0) is 14.6. The molecule has 0 radical (unpaired) electrons. The predicted octanol–water partition coefficient (Wildman–Crippen LogP) is -0.0770. The van der Waals surface area contributed by atoms with Crippen LogP contribution in [0.25, 0.3) is 0 Å². The van der Waals surface area contributed by atoms with E-state index in [9.17, 15) is 19.7 Å². The van der Waals surface area contributed by atoms with Gasteiger partial charge in [-0.15, -0.1) is 0 Å². The van der Waals surface area contributed by atoms with Crippen LogP contribution in [-0.4, -0.2) is 20.6 Å². The lowest BCUT2D eigenvalue weighted by molar-refractivity contribution is -0.387. The number of aromatic nitrogens is 2. The Balaban J connectivity index is 3.45. The fourth-order valence-electron chi connectivity index (χ4n) is 1.71. The largest absolute Gasteiger partial charge is 0.350 e. The highest BCUT2D eigenvalue weighted by atomic mass is 16.6. The first kappa shape index (κ1) is 15.1. The summed E-state index contributed by atoms with van der Waals surface area (Å²) >= 11 is 0. The second-order valence-corrected chi connectivity index (χ2v) is 4.50. The van der Waals surface area contributed by atoms with Crippen molar-refractivity contribution in [2.24, 2.45) is 11.7 Å². The number of nitrogens with zero attached hydrogens (tertiary/aromatic N) is 3. The second kappa shape index (κ2) is 6.28. The van der Waals surface area contributed by atoms with E-state index in [1.54, 1.807) is 6.92 Å². The standard InChI is InChI=1S/C11H18N4O4/c1-3-4-13-7-9(15(18)19)10(16)14(11(13)17)6-8(2)5-12/h7-8H,3-6,12H2,1-2H3. The molecule has 0 bridgehead atoms. The van der Waals surface area contributed by atoms with Crippen LogP contribution in [-0.2, 0) is 13.1 Å². The van der Waals surface area contributed by atoms with Crippen molar-refractivity contribution in [3.63, 3.8) is 0 Å². The summed E-state index contributed by atoms with van der Waals surface area (Å²) in [6.07, 6.45) is 1.65. The maximum absolute atomic E-state index is 12.1. The third-order valence-corrected chi connectivity index (χ3v) is 2.78. The number of hydrogen-bond acceptors (Lipinski definition) is 5. The lowest BCUT2D eigenvalue weighted by Crippen LogP contribution is -2.42. The van der Waals surface area contributed by atoms with Crippen LogP contribution in [0.1, 0.15) is 20.3 Å². The van der Waals surface area contributed by atoms with E-state index in [-0.39, 0.29) is 12.5 Å². The van der Waals surface area contributed by atoms with Crippen LogP contribution in [0.2, 0.25) is 0 Å². The van der Waals surface area contributed by atoms with Crippen molar-refractivity contribution in [3.05, 3.63) is 37.1 Å². The van der Waals surface area contributed by atoms with Gasteiger partial charge in [0, 0.05) is 13.1 Å². The van der Waals surface area contributed by atoms with Gasteiger partial charge in [0.25, 0.3) is 0 Å². The maximum atomic E-state index is 12.1. The third kappa shape index (κ3) is 3.28. The molecule has 0 saturated heterocycles. The highest BCUT2D eigenvalue weighted by molar-refractivity contribution is 5.21. The average molecular weight is 270 g/mol. The molecule has 2 N–H and O–H groups in total. The van der Waals surface area contributed by atoms with Crippen LogP contribution in [0.15, 0.2) is 15.8 Å². The molecule has 0 saturated carbocycles. The minimum absolute atomic E-state index is 0.0829. The van der Waals surface area contributed by atoms with E-state index >= 15 is 0 Å². The first-order valence-corrected chi connectivity index (χ1v) is 6.11. The predicted molar refractivity (Wildman–Crippen MR) is 70.1 cm³/mol. The van der Waals surface area contributed by atoms with Crippen LogP contribution in [0.3, 0.4) is 0 Å². The fourth-order valence-corrected chi connectivity index (χ4v) is 1.71. The summed E-state index contributed by atoms with van der Waals surface area (Å²) in [5.74, 6) is -0.109. The molecule has 1 aromatic heterocycles. The number of rotatable bonds is 6. The molecule has 19 heavy (non-hydrogen) atoms. The molecule has 0 aromatic carbocycles. The van der Waals surface area contributed by atoms with E-state index in [4.69, 9.17) is 5.73 Å². The molecule has 1 aromatic rings. The van der Waals surface area contributed by atoms with Crippen molar-refractivity contribution in [2.45, 2.75) is 33.4 Å². The van der Waals surface area contributed by atoms with Crippen LogP contribution < -0.4 is 17.0 Å². The van der Waals surface area contributed by atoms with Crippen molar-refractivity contribution in [2.75, 3.05) is 6.54 Å². The highest BCUT2D eigenvalue weighted by Gasteiger charge is 2.20. The summed E-state index contributed by atoms with van der Waals surface area (Å²) in [5.41, 5.74) is 3.47. The van der Waals surface area contributed by atoms with Gasteiger partial charge in [0.2, 0.25) is 0 Å². The van der Waals surface area contributed by atoms with Gasteiger partial charge in [-0.1, -0.05) is 13.8 Å². The number of nitrogens with two attached hydrogens (primary N) is 1. The SMILES string of the molecule is CCCn1cc([N+](=O)[O-])c(=O)n(CC(C)CN)c1=O. The Morgan fingerprint density at radius 3 is 2.58 bits per heavy atom. The maximum Gasteiger partial charge on any atom is 0.350 e. The van der Waals surface area contributed by atoms with E-state index in [0.29, 0.717) is 19.5 Å². The van der Waals surface area contributed by atoms with Crippen LogP contribution >= 0.6 is 0 Å². The number of nitro groups is 1. The Morgan fingerprint density at radius 1 is 1.47 bits per heavy atom. The zero-order valence-corrected chi connectivity index (χ0v) is 11.0. The molecule has 1 rings (SSSR count). The monoisotopic (exact) mass is 270 g/mol. The molecule has 0 amide bonds.